The van der Waals surface area contributed by atoms with Crippen LogP contribution >= 0.6 is 0 Å². The van der Waals surface area contributed by atoms with E-state index in [4.69, 9.17) is 0 Å². The van der Waals surface area contributed by atoms with E-state index in [0.717, 1.165) is 28.8 Å². The Morgan fingerprint density at radius 1 is 0.808 bits per heavy atom. The van der Waals surface area contributed by atoms with Crippen molar-refractivity contribution >= 4 is 16.6 Å². The molecular weight excluding hydrogens is 320 g/mol. The van der Waals surface area contributed by atoms with Gasteiger partial charge >= 0.3 is 0 Å². The monoisotopic (exact) mass is 342 g/mol. The number of benzene rings is 1. The second kappa shape index (κ2) is 8.72. The Labute approximate surface area is 154 Å². The highest BCUT2D eigenvalue weighted by molar-refractivity contribution is 5.90. The minimum Gasteiger partial charge on any atom is -0.365 e. The molecule has 0 unspecified atom stereocenters. The molecule has 0 radical (unpaired) electrons. The number of nitrogens with one attached hydrogen (secondary N) is 1. The lowest BCUT2D eigenvalue weighted by Crippen LogP contribution is -2.01. The quantitative estimate of drug-likeness (QED) is 0.573. The van der Waals surface area contributed by atoms with Gasteiger partial charge in [0.25, 0.3) is 0 Å². The third-order valence-electron chi connectivity index (χ3n) is 3.96. The maximum atomic E-state index is 4.39. The lowest BCUT2D eigenvalue weighted by atomic mass is 10.1. The zero-order valence-electron chi connectivity index (χ0n) is 15.1. The summed E-state index contributed by atoms with van der Waals surface area (Å²) in [5, 5.41) is 5.57. The van der Waals surface area contributed by atoms with Crippen LogP contribution in [0.25, 0.3) is 10.8 Å². The minimum absolute atomic E-state index is 0.765. The van der Waals surface area contributed by atoms with Crippen molar-refractivity contribution in [2.24, 2.45) is 0 Å². The van der Waals surface area contributed by atoms with Crippen LogP contribution in [0, 0.1) is 13.8 Å². The van der Waals surface area contributed by atoms with Crippen molar-refractivity contribution in [3.8, 4) is 0 Å². The second-order valence-electron chi connectivity index (χ2n) is 6.07. The lowest BCUT2D eigenvalue weighted by molar-refractivity contribution is 1.12. The van der Waals surface area contributed by atoms with E-state index in [9.17, 15) is 0 Å². The molecule has 3 aromatic heterocycles. The first-order chi connectivity index (χ1) is 12.7. The molecular formula is C22H22N4. The van der Waals surface area contributed by atoms with Gasteiger partial charge in [0.1, 0.15) is 5.82 Å². The molecule has 0 atom stereocenters. The van der Waals surface area contributed by atoms with Gasteiger partial charge in [0.05, 0.1) is 0 Å². The number of nitrogens with zero attached hydrogens (tertiary/aromatic N) is 3. The molecule has 0 aliphatic rings. The maximum absolute atomic E-state index is 4.39. The van der Waals surface area contributed by atoms with E-state index in [2.05, 4.69) is 51.5 Å². The van der Waals surface area contributed by atoms with Crippen LogP contribution in [0.2, 0.25) is 0 Å². The zero-order valence-corrected chi connectivity index (χ0v) is 15.1. The lowest BCUT2D eigenvalue weighted by Gasteiger charge is -2.08. The van der Waals surface area contributed by atoms with E-state index >= 15 is 0 Å². The highest BCUT2D eigenvalue weighted by atomic mass is 15.0. The van der Waals surface area contributed by atoms with Crippen molar-refractivity contribution in [1.82, 2.24) is 15.0 Å². The van der Waals surface area contributed by atoms with Crippen molar-refractivity contribution in [3.05, 3.63) is 96.2 Å². The van der Waals surface area contributed by atoms with Crippen molar-refractivity contribution in [2.45, 2.75) is 20.4 Å². The van der Waals surface area contributed by atoms with Crippen molar-refractivity contribution < 1.29 is 0 Å². The van der Waals surface area contributed by atoms with Gasteiger partial charge in [-0.3, -0.25) is 9.97 Å². The van der Waals surface area contributed by atoms with Crippen molar-refractivity contribution in [3.63, 3.8) is 0 Å². The summed E-state index contributed by atoms with van der Waals surface area (Å²) in [6.07, 6.45) is 7.25. The number of hydrogen-bond acceptors (Lipinski definition) is 4. The van der Waals surface area contributed by atoms with Gasteiger partial charge < -0.3 is 5.32 Å². The molecule has 0 aliphatic heterocycles. The Kier molecular flexibility index (Phi) is 5.88. The van der Waals surface area contributed by atoms with Crippen LogP contribution in [-0.4, -0.2) is 15.0 Å². The Morgan fingerprint density at radius 3 is 2.31 bits per heavy atom. The van der Waals surface area contributed by atoms with Gasteiger partial charge in [0.15, 0.2) is 0 Å². The third kappa shape index (κ3) is 4.86. The number of aromatic nitrogens is 3. The van der Waals surface area contributed by atoms with Gasteiger partial charge in [-0.05, 0) is 49.1 Å². The maximum Gasteiger partial charge on any atom is 0.135 e. The van der Waals surface area contributed by atoms with Crippen LogP contribution in [0.1, 0.15) is 16.8 Å². The van der Waals surface area contributed by atoms with Crippen LogP contribution in [0.3, 0.4) is 0 Å². The second-order valence-corrected chi connectivity index (χ2v) is 6.07. The van der Waals surface area contributed by atoms with Gasteiger partial charge in [-0.2, -0.15) is 0 Å². The van der Waals surface area contributed by atoms with Crippen molar-refractivity contribution in [2.75, 3.05) is 5.32 Å². The standard InChI is InChI=1S/C16H15N3.C6H7N/c1-12-2-4-13(5-3-12)10-19-16-15-11-17-8-6-14(15)7-9-18-16;1-6-4-2-3-5-7-6/h2-9,11H,10H2,1H3,(H,18,19);2-5H,1H3. The summed E-state index contributed by atoms with van der Waals surface area (Å²) in [5.74, 6) is 0.881. The number of hydrogen-bond donors (Lipinski definition) is 1. The molecule has 0 aliphatic carbocycles. The molecule has 0 bridgehead atoms. The minimum atomic E-state index is 0.765. The Hall–Kier alpha value is -3.27. The van der Waals surface area contributed by atoms with E-state index < -0.39 is 0 Å². The molecule has 4 rings (SSSR count). The molecule has 1 N–H and O–H groups in total. The van der Waals surface area contributed by atoms with Crippen LogP contribution < -0.4 is 5.32 Å². The predicted molar refractivity (Wildman–Crippen MR) is 107 cm³/mol. The fraction of sp³-hybridized carbons (Fsp3) is 0.136. The fourth-order valence-corrected chi connectivity index (χ4v) is 2.49. The summed E-state index contributed by atoms with van der Waals surface area (Å²) in [6.45, 7) is 4.83. The summed E-state index contributed by atoms with van der Waals surface area (Å²) in [7, 11) is 0. The van der Waals surface area contributed by atoms with Gasteiger partial charge in [-0.15, -0.1) is 0 Å². The number of aryl methyl sites for hydroxylation is 2. The number of pyridine rings is 3. The average molecular weight is 342 g/mol. The van der Waals surface area contributed by atoms with Gasteiger partial charge in [0.2, 0.25) is 0 Å². The highest BCUT2D eigenvalue weighted by Gasteiger charge is 2.01. The van der Waals surface area contributed by atoms with Crippen molar-refractivity contribution in [1.29, 1.82) is 0 Å². The molecule has 0 fully saturated rings. The van der Waals surface area contributed by atoms with E-state index in [1.807, 2.05) is 49.6 Å². The molecule has 0 amide bonds. The van der Waals surface area contributed by atoms with Crippen LogP contribution in [0.5, 0.6) is 0 Å². The van der Waals surface area contributed by atoms with Gasteiger partial charge in [0, 0.05) is 42.4 Å². The first-order valence-corrected chi connectivity index (χ1v) is 8.58. The molecule has 0 saturated carbocycles. The topological polar surface area (TPSA) is 50.7 Å². The van der Waals surface area contributed by atoms with Crippen LogP contribution in [0.15, 0.2) is 79.4 Å². The average Bonchev–Trinajstić information content (AvgIpc) is 2.69. The number of anilines is 1. The fourth-order valence-electron chi connectivity index (χ4n) is 2.49. The molecule has 4 aromatic rings. The van der Waals surface area contributed by atoms with E-state index in [-0.39, 0.29) is 0 Å². The zero-order chi connectivity index (χ0) is 18.2. The van der Waals surface area contributed by atoms with Gasteiger partial charge in [-0.25, -0.2) is 4.98 Å². The summed E-state index contributed by atoms with van der Waals surface area (Å²) < 4.78 is 0. The Balaban J connectivity index is 0.000000236. The summed E-state index contributed by atoms with van der Waals surface area (Å²) >= 11 is 0. The molecule has 0 saturated heterocycles. The van der Waals surface area contributed by atoms with Gasteiger partial charge in [-0.1, -0.05) is 35.9 Å². The smallest absolute Gasteiger partial charge is 0.135 e. The SMILES string of the molecule is Cc1ccc(CNc2nccc3ccncc23)cc1.Cc1ccccn1. The molecule has 1 aromatic carbocycles. The first-order valence-electron chi connectivity index (χ1n) is 8.58. The van der Waals surface area contributed by atoms with E-state index in [1.54, 1.807) is 12.4 Å². The summed E-state index contributed by atoms with van der Waals surface area (Å²) in [5.41, 5.74) is 3.59. The number of rotatable bonds is 3. The Morgan fingerprint density at radius 2 is 1.62 bits per heavy atom. The normalized spacial score (nSPS) is 10.1. The van der Waals surface area contributed by atoms with E-state index in [1.165, 1.54) is 11.1 Å². The highest BCUT2D eigenvalue weighted by Crippen LogP contribution is 2.19. The summed E-state index contributed by atoms with van der Waals surface area (Å²) in [4.78, 5) is 12.5. The molecule has 4 heteroatoms. The van der Waals surface area contributed by atoms with Crippen LogP contribution in [-0.2, 0) is 6.54 Å². The predicted octanol–water partition coefficient (Wildman–Crippen LogP) is 4.94. The third-order valence-corrected chi connectivity index (χ3v) is 3.96. The number of fused-ring (bicyclic) bond motifs is 1. The van der Waals surface area contributed by atoms with E-state index in [0.29, 0.717) is 0 Å². The van der Waals surface area contributed by atoms with Crippen LogP contribution in [0.4, 0.5) is 5.82 Å². The molecule has 26 heavy (non-hydrogen) atoms. The molecule has 4 nitrogen and oxygen atoms in total. The molecule has 0 spiro atoms. The molecule has 130 valence electrons. The first kappa shape index (κ1) is 17.5. The Bertz CT molecular complexity index is 945. The molecule has 3 heterocycles. The largest absolute Gasteiger partial charge is 0.365 e. The summed E-state index contributed by atoms with van der Waals surface area (Å²) in [6, 6.07) is 18.3.